The smallest absolute Gasteiger partial charge is 0.304 e. The third-order valence-electron chi connectivity index (χ3n) is 3.15. The van der Waals surface area contributed by atoms with Gasteiger partial charge in [0, 0.05) is 19.2 Å². The molecule has 1 aromatic carbocycles. The third-order valence-corrected chi connectivity index (χ3v) is 3.15. The molecule has 1 aromatic rings. The minimum Gasteiger partial charge on any atom is -0.395 e. The highest BCUT2D eigenvalue weighted by Crippen LogP contribution is 2.20. The van der Waals surface area contributed by atoms with E-state index in [0.29, 0.717) is 31.9 Å². The summed E-state index contributed by atoms with van der Waals surface area (Å²) >= 11 is 0. The third kappa shape index (κ3) is 3.25. The summed E-state index contributed by atoms with van der Waals surface area (Å²) in [5.41, 5.74) is 0.118. The molecule has 0 aliphatic carbocycles. The number of aliphatic hydroxyl groups is 1. The van der Waals surface area contributed by atoms with Crippen LogP contribution in [-0.2, 0) is 11.3 Å². The number of hydrogen-bond acceptors (Lipinski definition) is 5. The maximum absolute atomic E-state index is 13.5. The molecule has 2 rings (SSSR count). The Morgan fingerprint density at radius 2 is 2.37 bits per heavy atom. The van der Waals surface area contributed by atoms with E-state index in [2.05, 4.69) is 0 Å². The van der Waals surface area contributed by atoms with Gasteiger partial charge in [-0.25, -0.2) is 0 Å². The van der Waals surface area contributed by atoms with Gasteiger partial charge < -0.3 is 9.84 Å². The summed E-state index contributed by atoms with van der Waals surface area (Å²) in [5.74, 6) is -0.837. The highest BCUT2D eigenvalue weighted by molar-refractivity contribution is 5.35. The van der Waals surface area contributed by atoms with Gasteiger partial charge in [0.2, 0.25) is 5.82 Å². The van der Waals surface area contributed by atoms with Crippen LogP contribution in [0.15, 0.2) is 18.2 Å². The van der Waals surface area contributed by atoms with Crippen molar-refractivity contribution in [2.75, 3.05) is 26.4 Å². The van der Waals surface area contributed by atoms with Gasteiger partial charge in [-0.1, -0.05) is 6.07 Å². The number of hydrogen-bond donors (Lipinski definition) is 1. The van der Waals surface area contributed by atoms with Crippen LogP contribution in [-0.4, -0.2) is 47.3 Å². The first-order valence-corrected chi connectivity index (χ1v) is 5.97. The average molecular weight is 270 g/mol. The van der Waals surface area contributed by atoms with E-state index in [9.17, 15) is 19.6 Å². The van der Waals surface area contributed by atoms with E-state index in [1.165, 1.54) is 18.2 Å². The average Bonchev–Trinajstić information content (AvgIpc) is 2.39. The second-order valence-corrected chi connectivity index (χ2v) is 4.42. The standard InChI is InChI=1S/C12H15FN2O4/c13-11-5-9(1-2-12(11)15(17)18)6-14-3-4-19-8-10(14)7-16/h1-2,5,10,16H,3-4,6-8H2. The van der Waals surface area contributed by atoms with Crippen molar-refractivity contribution in [1.29, 1.82) is 0 Å². The Kier molecular flexibility index (Phi) is 4.41. The summed E-state index contributed by atoms with van der Waals surface area (Å²) in [5, 5.41) is 19.8. The van der Waals surface area contributed by atoms with Gasteiger partial charge in [0.05, 0.1) is 30.8 Å². The van der Waals surface area contributed by atoms with Crippen molar-refractivity contribution < 1.29 is 19.2 Å². The molecule has 0 amide bonds. The monoisotopic (exact) mass is 270 g/mol. The number of rotatable bonds is 4. The molecule has 19 heavy (non-hydrogen) atoms. The molecule has 1 unspecified atom stereocenters. The number of ether oxygens (including phenoxy) is 1. The van der Waals surface area contributed by atoms with Crippen LogP contribution in [0.5, 0.6) is 0 Å². The van der Waals surface area contributed by atoms with Crippen LogP contribution in [0.3, 0.4) is 0 Å². The summed E-state index contributed by atoms with van der Waals surface area (Å²) in [6.07, 6.45) is 0. The fraction of sp³-hybridized carbons (Fsp3) is 0.500. The normalized spacial score (nSPS) is 20.4. The van der Waals surface area contributed by atoms with E-state index >= 15 is 0 Å². The Hall–Kier alpha value is -1.57. The van der Waals surface area contributed by atoms with Crippen LogP contribution in [0.1, 0.15) is 5.56 Å². The Labute approximate surface area is 109 Å². The fourth-order valence-corrected chi connectivity index (χ4v) is 2.10. The van der Waals surface area contributed by atoms with Crippen molar-refractivity contribution in [2.45, 2.75) is 12.6 Å². The summed E-state index contributed by atoms with van der Waals surface area (Å²) < 4.78 is 18.8. The van der Waals surface area contributed by atoms with Gasteiger partial charge in [0.25, 0.3) is 0 Å². The number of halogens is 1. The zero-order chi connectivity index (χ0) is 13.8. The largest absolute Gasteiger partial charge is 0.395 e. The lowest BCUT2D eigenvalue weighted by atomic mass is 10.1. The minimum absolute atomic E-state index is 0.0323. The second kappa shape index (κ2) is 6.05. The quantitative estimate of drug-likeness (QED) is 0.650. The lowest BCUT2D eigenvalue weighted by Crippen LogP contribution is -2.46. The highest BCUT2D eigenvalue weighted by Gasteiger charge is 2.23. The number of nitrogens with zero attached hydrogens (tertiary/aromatic N) is 2. The van der Waals surface area contributed by atoms with Gasteiger partial charge in [-0.15, -0.1) is 0 Å². The second-order valence-electron chi connectivity index (χ2n) is 4.42. The van der Waals surface area contributed by atoms with Gasteiger partial charge in [0.1, 0.15) is 0 Å². The predicted molar refractivity (Wildman–Crippen MR) is 65.2 cm³/mol. The minimum atomic E-state index is -0.837. The van der Waals surface area contributed by atoms with Gasteiger partial charge in [-0.05, 0) is 11.6 Å². The van der Waals surface area contributed by atoms with Crippen LogP contribution < -0.4 is 0 Å². The van der Waals surface area contributed by atoms with Gasteiger partial charge >= 0.3 is 5.69 Å². The van der Waals surface area contributed by atoms with Crippen LogP contribution >= 0.6 is 0 Å². The Bertz CT molecular complexity index is 469. The number of morpholine rings is 1. The molecule has 0 saturated carbocycles. The zero-order valence-corrected chi connectivity index (χ0v) is 10.3. The van der Waals surface area contributed by atoms with E-state index in [-0.39, 0.29) is 12.6 Å². The number of nitro benzene ring substituents is 1. The van der Waals surface area contributed by atoms with Gasteiger partial charge in [-0.2, -0.15) is 4.39 Å². The Morgan fingerprint density at radius 3 is 3.00 bits per heavy atom. The lowest BCUT2D eigenvalue weighted by molar-refractivity contribution is -0.387. The first-order chi connectivity index (χ1) is 9.11. The van der Waals surface area contributed by atoms with Crippen LogP contribution in [0.25, 0.3) is 0 Å². The van der Waals surface area contributed by atoms with Crippen molar-refractivity contribution in [3.05, 3.63) is 39.7 Å². The Balaban J connectivity index is 2.10. The summed E-state index contributed by atoms with van der Waals surface area (Å²) in [6.45, 7) is 2.04. The number of aliphatic hydroxyl groups excluding tert-OH is 1. The van der Waals surface area contributed by atoms with E-state index in [0.717, 1.165) is 0 Å². The molecular formula is C12H15FN2O4. The topological polar surface area (TPSA) is 75.8 Å². The molecule has 0 aromatic heterocycles. The van der Waals surface area contributed by atoms with Gasteiger partial charge in [0.15, 0.2) is 0 Å². The predicted octanol–water partition coefficient (Wildman–Crippen LogP) is 0.927. The van der Waals surface area contributed by atoms with Gasteiger partial charge in [-0.3, -0.25) is 15.0 Å². The van der Waals surface area contributed by atoms with Crippen molar-refractivity contribution in [3.63, 3.8) is 0 Å². The fourth-order valence-electron chi connectivity index (χ4n) is 2.10. The molecular weight excluding hydrogens is 255 g/mol. The lowest BCUT2D eigenvalue weighted by Gasteiger charge is -2.34. The molecule has 6 nitrogen and oxygen atoms in total. The van der Waals surface area contributed by atoms with Crippen molar-refractivity contribution in [3.8, 4) is 0 Å². The molecule has 104 valence electrons. The summed E-state index contributed by atoms with van der Waals surface area (Å²) in [6, 6.07) is 3.75. The van der Waals surface area contributed by atoms with E-state index in [4.69, 9.17) is 4.74 Å². The Morgan fingerprint density at radius 1 is 1.58 bits per heavy atom. The molecule has 1 aliphatic rings. The molecule has 1 aliphatic heterocycles. The molecule has 1 atom stereocenters. The summed E-state index contributed by atoms with van der Waals surface area (Å²) in [4.78, 5) is 11.8. The van der Waals surface area contributed by atoms with E-state index in [1.54, 1.807) is 0 Å². The molecule has 0 bridgehead atoms. The highest BCUT2D eigenvalue weighted by atomic mass is 19.1. The van der Waals surface area contributed by atoms with Crippen molar-refractivity contribution in [2.24, 2.45) is 0 Å². The summed E-state index contributed by atoms with van der Waals surface area (Å²) in [7, 11) is 0. The van der Waals surface area contributed by atoms with E-state index in [1.807, 2.05) is 4.90 Å². The molecule has 0 spiro atoms. The first-order valence-electron chi connectivity index (χ1n) is 5.97. The maximum atomic E-state index is 13.5. The molecule has 1 heterocycles. The van der Waals surface area contributed by atoms with Crippen molar-refractivity contribution >= 4 is 5.69 Å². The molecule has 1 N–H and O–H groups in total. The molecule has 7 heteroatoms. The molecule has 1 fully saturated rings. The first kappa shape index (κ1) is 13.9. The van der Waals surface area contributed by atoms with Crippen LogP contribution in [0, 0.1) is 15.9 Å². The maximum Gasteiger partial charge on any atom is 0.304 e. The van der Waals surface area contributed by atoms with E-state index < -0.39 is 16.4 Å². The van der Waals surface area contributed by atoms with Crippen molar-refractivity contribution in [1.82, 2.24) is 4.90 Å². The zero-order valence-electron chi connectivity index (χ0n) is 10.3. The van der Waals surface area contributed by atoms with Crippen LogP contribution in [0.2, 0.25) is 0 Å². The number of benzene rings is 1. The number of nitro groups is 1. The van der Waals surface area contributed by atoms with Crippen LogP contribution in [0.4, 0.5) is 10.1 Å². The molecule has 1 saturated heterocycles. The molecule has 0 radical (unpaired) electrons. The SMILES string of the molecule is O=[N+]([O-])c1ccc(CN2CCOCC2CO)cc1F.